The number of hydrogen-bond donors (Lipinski definition) is 1. The quantitative estimate of drug-likeness (QED) is 0.0224. The third-order valence-corrected chi connectivity index (χ3v) is 9.53. The smallest absolute Gasteiger partial charge is 0.462 e. The van der Waals surface area contributed by atoms with E-state index >= 15 is 0 Å². The molecule has 0 aromatic carbocycles. The van der Waals surface area contributed by atoms with E-state index in [0.29, 0.717) is 23.9 Å². The Balaban J connectivity index is 4.39. The van der Waals surface area contributed by atoms with Gasteiger partial charge in [-0.1, -0.05) is 135 Å². The molecule has 1 N–H and O–H groups in total. The number of phosphoric ester groups is 1. The molecule has 0 fully saturated rings. The van der Waals surface area contributed by atoms with Crippen molar-refractivity contribution < 1.29 is 42.1 Å². The number of phosphoric acid groups is 1. The zero-order chi connectivity index (χ0) is 36.5. The molecule has 0 amide bonds. The highest BCUT2D eigenvalue weighted by molar-refractivity contribution is 7.47. The Morgan fingerprint density at radius 1 is 0.612 bits per heavy atom. The molecule has 0 saturated heterocycles. The summed E-state index contributed by atoms with van der Waals surface area (Å²) in [5.41, 5.74) is 0. The lowest BCUT2D eigenvalue weighted by Crippen LogP contribution is -2.37. The standard InChI is InChI=1S/C39H76NO8P/c1-6-8-10-12-14-16-17-18-19-20-21-22-24-26-28-30-32-39(42)48-37(36-47-49(43,44)46-34-33-40(3,4)5)35-45-38(41)31-29-27-25-23-15-13-11-9-7-2/h19-20,37H,6-18,21-36H2,1-5H3/p+1/b20-19-. The van der Waals surface area contributed by atoms with Gasteiger partial charge in [-0.05, 0) is 38.5 Å². The number of unbranched alkanes of at least 4 members (excludes halogenated alkanes) is 20. The van der Waals surface area contributed by atoms with Crippen molar-refractivity contribution in [3.63, 3.8) is 0 Å². The first kappa shape index (κ1) is 47.8. The van der Waals surface area contributed by atoms with Gasteiger partial charge in [-0.2, -0.15) is 0 Å². The van der Waals surface area contributed by atoms with Gasteiger partial charge >= 0.3 is 19.8 Å². The van der Waals surface area contributed by atoms with E-state index in [4.69, 9.17) is 18.5 Å². The lowest BCUT2D eigenvalue weighted by molar-refractivity contribution is -0.870. The SMILES string of the molecule is CCCCCCCCC/C=C\CCCCCCCC(=O)OC(COC(=O)CCCCCCCCCCC)COP(=O)(O)OCC[N+](C)(C)C. The Hall–Kier alpha value is -1.25. The summed E-state index contributed by atoms with van der Waals surface area (Å²) in [6.45, 7) is 4.39. The van der Waals surface area contributed by atoms with E-state index in [1.165, 1.54) is 89.9 Å². The van der Waals surface area contributed by atoms with Crippen LogP contribution in [0.2, 0.25) is 0 Å². The number of nitrogens with zero attached hydrogens (tertiary/aromatic N) is 1. The molecule has 0 spiro atoms. The minimum atomic E-state index is -4.36. The van der Waals surface area contributed by atoms with Gasteiger partial charge in [-0.25, -0.2) is 4.57 Å². The molecular formula is C39H77NO8P+. The highest BCUT2D eigenvalue weighted by Gasteiger charge is 2.27. The van der Waals surface area contributed by atoms with Crippen LogP contribution in [-0.2, 0) is 32.7 Å². The van der Waals surface area contributed by atoms with E-state index in [9.17, 15) is 19.0 Å². The molecule has 0 aliphatic carbocycles. The van der Waals surface area contributed by atoms with Crippen LogP contribution < -0.4 is 0 Å². The Bertz CT molecular complexity index is 860. The number of ether oxygens (including phenoxy) is 2. The fourth-order valence-corrected chi connectivity index (χ4v) is 6.10. The molecule has 0 aromatic rings. The van der Waals surface area contributed by atoms with Gasteiger partial charge in [-0.3, -0.25) is 18.6 Å². The first-order chi connectivity index (χ1) is 23.5. The summed E-state index contributed by atoms with van der Waals surface area (Å²) in [6.07, 6.45) is 31.2. The highest BCUT2D eigenvalue weighted by Crippen LogP contribution is 2.43. The lowest BCUT2D eigenvalue weighted by Gasteiger charge is -2.24. The number of hydrogen-bond acceptors (Lipinski definition) is 7. The molecule has 0 aliphatic rings. The van der Waals surface area contributed by atoms with Crippen molar-refractivity contribution in [2.45, 2.75) is 180 Å². The van der Waals surface area contributed by atoms with Crippen molar-refractivity contribution in [3.8, 4) is 0 Å². The van der Waals surface area contributed by atoms with Crippen LogP contribution in [0.15, 0.2) is 12.2 Å². The first-order valence-corrected chi connectivity index (χ1v) is 21.4. The second-order valence-electron chi connectivity index (χ2n) is 14.7. The van der Waals surface area contributed by atoms with Crippen LogP contribution in [0.3, 0.4) is 0 Å². The second-order valence-corrected chi connectivity index (χ2v) is 16.1. The van der Waals surface area contributed by atoms with Crippen LogP contribution in [0.25, 0.3) is 0 Å². The monoisotopic (exact) mass is 719 g/mol. The Morgan fingerprint density at radius 3 is 1.51 bits per heavy atom. The number of carbonyl (C=O) groups excluding carboxylic acids is 2. The fourth-order valence-electron chi connectivity index (χ4n) is 5.36. The Kier molecular flexibility index (Phi) is 31.8. The molecule has 9 nitrogen and oxygen atoms in total. The van der Waals surface area contributed by atoms with Gasteiger partial charge in [0.2, 0.25) is 0 Å². The normalized spacial score (nSPS) is 13.8. The molecule has 0 radical (unpaired) electrons. The molecule has 0 bridgehead atoms. The molecule has 0 heterocycles. The lowest BCUT2D eigenvalue weighted by atomic mass is 10.1. The van der Waals surface area contributed by atoms with Gasteiger partial charge in [-0.15, -0.1) is 0 Å². The summed E-state index contributed by atoms with van der Waals surface area (Å²) in [6, 6.07) is 0. The van der Waals surface area contributed by atoms with Gasteiger partial charge in [0, 0.05) is 12.8 Å². The van der Waals surface area contributed by atoms with Crippen molar-refractivity contribution in [1.82, 2.24) is 0 Å². The van der Waals surface area contributed by atoms with Crippen LogP contribution in [0.1, 0.15) is 174 Å². The van der Waals surface area contributed by atoms with Gasteiger partial charge in [0.25, 0.3) is 0 Å². The van der Waals surface area contributed by atoms with E-state index < -0.39 is 26.5 Å². The van der Waals surface area contributed by atoms with Gasteiger partial charge < -0.3 is 18.9 Å². The van der Waals surface area contributed by atoms with Gasteiger partial charge in [0.05, 0.1) is 27.7 Å². The molecule has 0 aromatic heterocycles. The molecule has 290 valence electrons. The Labute approximate surface area is 301 Å². The van der Waals surface area contributed by atoms with Crippen LogP contribution in [-0.4, -0.2) is 74.9 Å². The maximum Gasteiger partial charge on any atom is 0.472 e. The van der Waals surface area contributed by atoms with Crippen LogP contribution in [0.5, 0.6) is 0 Å². The van der Waals surface area contributed by atoms with E-state index in [-0.39, 0.29) is 25.6 Å². The summed E-state index contributed by atoms with van der Waals surface area (Å²) in [5.74, 6) is -0.807. The summed E-state index contributed by atoms with van der Waals surface area (Å²) in [7, 11) is 1.48. The summed E-state index contributed by atoms with van der Waals surface area (Å²) < 4.78 is 34.1. The molecule has 2 atom stereocenters. The third-order valence-electron chi connectivity index (χ3n) is 8.55. The minimum Gasteiger partial charge on any atom is -0.462 e. The van der Waals surface area contributed by atoms with Crippen LogP contribution in [0, 0.1) is 0 Å². The summed E-state index contributed by atoms with van der Waals surface area (Å²) in [5, 5.41) is 0. The fraction of sp³-hybridized carbons (Fsp3) is 0.897. The van der Waals surface area contributed by atoms with Gasteiger partial charge in [0.1, 0.15) is 19.8 Å². The van der Waals surface area contributed by atoms with Crippen molar-refractivity contribution in [3.05, 3.63) is 12.2 Å². The largest absolute Gasteiger partial charge is 0.472 e. The molecular weight excluding hydrogens is 641 g/mol. The van der Waals surface area contributed by atoms with E-state index in [0.717, 1.165) is 51.4 Å². The zero-order valence-corrected chi connectivity index (χ0v) is 33.3. The van der Waals surface area contributed by atoms with Crippen LogP contribution in [0.4, 0.5) is 0 Å². The highest BCUT2D eigenvalue weighted by atomic mass is 31.2. The number of allylic oxidation sites excluding steroid dienone is 2. The van der Waals surface area contributed by atoms with E-state index in [1.54, 1.807) is 0 Å². The van der Waals surface area contributed by atoms with E-state index in [2.05, 4.69) is 26.0 Å². The molecule has 0 rings (SSSR count). The average molecular weight is 719 g/mol. The predicted molar refractivity (Wildman–Crippen MR) is 201 cm³/mol. The van der Waals surface area contributed by atoms with Crippen LogP contribution >= 0.6 is 7.82 Å². The zero-order valence-electron chi connectivity index (χ0n) is 32.4. The van der Waals surface area contributed by atoms with Crippen molar-refractivity contribution in [2.75, 3.05) is 47.5 Å². The molecule has 0 aliphatic heterocycles. The predicted octanol–water partition coefficient (Wildman–Crippen LogP) is 10.6. The number of esters is 2. The van der Waals surface area contributed by atoms with Crippen molar-refractivity contribution in [2.24, 2.45) is 0 Å². The minimum absolute atomic E-state index is 0.0327. The average Bonchev–Trinajstić information content (AvgIpc) is 3.04. The maximum absolute atomic E-state index is 12.6. The topological polar surface area (TPSA) is 108 Å². The second kappa shape index (κ2) is 32.6. The molecule has 0 saturated carbocycles. The first-order valence-electron chi connectivity index (χ1n) is 19.9. The molecule has 2 unspecified atom stereocenters. The van der Waals surface area contributed by atoms with E-state index in [1.807, 2.05) is 21.1 Å². The molecule has 10 heteroatoms. The van der Waals surface area contributed by atoms with Gasteiger partial charge in [0.15, 0.2) is 6.10 Å². The maximum atomic E-state index is 12.6. The number of likely N-dealkylation sites (N-methyl/N-ethyl adjacent to an activating group) is 1. The number of quaternary nitrogens is 1. The Morgan fingerprint density at radius 2 is 1.04 bits per heavy atom. The third kappa shape index (κ3) is 36.3. The van der Waals surface area contributed by atoms with Crippen molar-refractivity contribution in [1.29, 1.82) is 0 Å². The van der Waals surface area contributed by atoms with Crippen molar-refractivity contribution >= 4 is 19.8 Å². The number of rotatable bonds is 36. The summed E-state index contributed by atoms with van der Waals surface area (Å²) in [4.78, 5) is 35.1. The summed E-state index contributed by atoms with van der Waals surface area (Å²) >= 11 is 0. The molecule has 49 heavy (non-hydrogen) atoms. The number of carbonyl (C=O) groups is 2.